The van der Waals surface area contributed by atoms with E-state index in [1.54, 1.807) is 0 Å². The molecular formula is C58H84N6O6RuS2. The molecule has 15 heteroatoms. The third-order valence-corrected chi connectivity index (χ3v) is 12.0. The molecule has 0 unspecified atom stereocenters. The summed E-state index contributed by atoms with van der Waals surface area (Å²) < 4.78 is 12.2. The maximum absolute atomic E-state index is 10.8. The Bertz CT molecular complexity index is 1920. The van der Waals surface area contributed by atoms with Crippen LogP contribution < -0.4 is 9.47 Å². The van der Waals surface area contributed by atoms with Gasteiger partial charge in [-0.15, -0.1) is 0 Å². The molecular weight excluding hydrogens is 1040 g/mol. The first-order valence-electron chi connectivity index (χ1n) is 26.8. The standard InChI is InChI=1S/C44H76N2O2.C12H8N2O4.2CNS.Ru/c1-3-5-7-9-11-13-15-17-19-21-23-25-27-29-31-37-47-41-33-35-45-43(39-41)44-40-42(34-36-46-44)48-38-32-30-28-26-24-22-20-18-16-14-12-10-8-6-4-2;15-11(16)7-1-3-13-9(5-7)10-6-8(12(17)18)2-4-14-10;2*2-1-3;/h33-36,39-40H,3-32,37-38H2,1-2H3;1-6H,(H,15,16)(H,17,18);;;/q;;2*-1;+2. The van der Waals surface area contributed by atoms with Crippen LogP contribution in [0.3, 0.4) is 0 Å². The number of carboxylic acid groups (broad SMARTS) is 2. The summed E-state index contributed by atoms with van der Waals surface area (Å²) in [6.45, 7) is 6.11. The molecule has 0 amide bonds. The number of ether oxygens (including phenoxy) is 2. The van der Waals surface area contributed by atoms with Crippen LogP contribution in [0.15, 0.2) is 73.3 Å². The van der Waals surface area contributed by atoms with E-state index in [-0.39, 0.29) is 30.6 Å². The van der Waals surface area contributed by atoms with E-state index in [4.69, 9.17) is 30.5 Å². The molecule has 12 nitrogen and oxygen atoms in total. The molecule has 0 aromatic carbocycles. The molecule has 4 aromatic heterocycles. The molecule has 0 saturated heterocycles. The van der Waals surface area contributed by atoms with Crippen LogP contribution in [-0.4, -0.2) is 65.6 Å². The summed E-state index contributed by atoms with van der Waals surface area (Å²) in [5, 5.41) is 34.6. The van der Waals surface area contributed by atoms with Gasteiger partial charge in [-0.05, 0) is 49.2 Å². The third kappa shape index (κ3) is 37.7. The zero-order valence-electron chi connectivity index (χ0n) is 43.9. The van der Waals surface area contributed by atoms with Gasteiger partial charge in [-0.1, -0.05) is 218 Å². The van der Waals surface area contributed by atoms with E-state index >= 15 is 0 Å². The Hall–Kier alpha value is -4.64. The molecule has 0 saturated carbocycles. The molecule has 0 spiro atoms. The summed E-state index contributed by atoms with van der Waals surface area (Å²) in [4.78, 5) is 38.7. The fraction of sp³-hybridized carbons (Fsp3) is 0.586. The Balaban J connectivity index is 0.00000170. The predicted molar refractivity (Wildman–Crippen MR) is 302 cm³/mol. The number of pyridine rings is 4. The van der Waals surface area contributed by atoms with Gasteiger partial charge in [0.1, 0.15) is 11.5 Å². The van der Waals surface area contributed by atoms with E-state index in [1.165, 1.54) is 227 Å². The minimum Gasteiger partial charge on any atom is -0.753 e. The van der Waals surface area contributed by atoms with Crippen molar-refractivity contribution in [1.82, 2.24) is 19.9 Å². The number of carbonyl (C=O) groups is 2. The number of unbranched alkanes of at least 4 members (excludes halogenated alkanes) is 28. The van der Waals surface area contributed by atoms with Crippen molar-refractivity contribution >= 4 is 46.7 Å². The fourth-order valence-electron chi connectivity index (χ4n) is 8.02. The van der Waals surface area contributed by atoms with Crippen LogP contribution in [0, 0.1) is 0 Å². The number of rotatable bonds is 38. The van der Waals surface area contributed by atoms with E-state index in [0.29, 0.717) is 11.4 Å². The van der Waals surface area contributed by atoms with Crippen molar-refractivity contribution in [1.29, 1.82) is 0 Å². The first kappa shape index (κ1) is 68.4. The molecule has 0 bridgehead atoms. The summed E-state index contributed by atoms with van der Waals surface area (Å²) in [7, 11) is 0. The average Bonchev–Trinajstić information content (AvgIpc) is 3.39. The summed E-state index contributed by atoms with van der Waals surface area (Å²) in [6.07, 6.45) is 47.6. The van der Waals surface area contributed by atoms with Crippen LogP contribution in [0.25, 0.3) is 33.6 Å². The average molecular weight is 1130 g/mol. The van der Waals surface area contributed by atoms with Crippen LogP contribution in [0.4, 0.5) is 0 Å². The number of thiocarbonyl (C=S) groups is 2. The van der Waals surface area contributed by atoms with Crippen LogP contribution in [0.1, 0.15) is 227 Å². The Morgan fingerprint density at radius 3 is 0.890 bits per heavy atom. The molecule has 0 atom stereocenters. The van der Waals surface area contributed by atoms with Crippen LogP contribution >= 0.6 is 24.4 Å². The van der Waals surface area contributed by atoms with Crippen LogP contribution in [0.2, 0.25) is 0 Å². The molecule has 0 aliphatic carbocycles. The maximum atomic E-state index is 10.8. The molecule has 402 valence electrons. The van der Waals surface area contributed by atoms with Crippen molar-refractivity contribution in [3.05, 3.63) is 95.3 Å². The van der Waals surface area contributed by atoms with E-state index in [9.17, 15) is 9.59 Å². The van der Waals surface area contributed by atoms with Crippen molar-refractivity contribution in [2.75, 3.05) is 13.2 Å². The SMILES string of the molecule is CCCCCCCCCCCCCCCCCOc1ccnc(-c2cc(OCCCCCCCCCCCCCCCCC)ccn2)c1.O=C(O)c1ccnc(-c2cc(C(=O)O)ccn2)c1.[N-]=C=S.[N-]=C=S.[Ru+2]. The zero-order valence-corrected chi connectivity index (χ0v) is 47.3. The second-order valence-electron chi connectivity index (χ2n) is 18.0. The van der Waals surface area contributed by atoms with Gasteiger partial charge in [0.25, 0.3) is 0 Å². The number of hydrogen-bond donors (Lipinski definition) is 2. The summed E-state index contributed by atoms with van der Waals surface area (Å²) >= 11 is 7.40. The Kier molecular flexibility index (Phi) is 46.4. The number of isothiocyanates is 2. The van der Waals surface area contributed by atoms with E-state index in [1.807, 2.05) is 36.7 Å². The number of nitrogens with zero attached hydrogens (tertiary/aromatic N) is 6. The molecule has 0 radical (unpaired) electrons. The van der Waals surface area contributed by atoms with Crippen LogP contribution in [0.5, 0.6) is 11.5 Å². The first-order valence-corrected chi connectivity index (χ1v) is 27.7. The molecule has 4 aromatic rings. The van der Waals surface area contributed by atoms with Crippen molar-refractivity contribution in [2.45, 2.75) is 206 Å². The van der Waals surface area contributed by atoms with Gasteiger partial charge in [-0.25, -0.2) is 9.59 Å². The van der Waals surface area contributed by atoms with Gasteiger partial charge in [0.15, 0.2) is 0 Å². The first-order chi connectivity index (χ1) is 35.2. The van der Waals surface area contributed by atoms with Crippen molar-refractivity contribution in [2.24, 2.45) is 0 Å². The van der Waals surface area contributed by atoms with Gasteiger partial charge in [0, 0.05) is 36.9 Å². The number of aromatic nitrogens is 4. The molecule has 0 aliphatic heterocycles. The smallest absolute Gasteiger partial charge is 0.753 e. The van der Waals surface area contributed by atoms with E-state index in [0.717, 1.165) is 48.9 Å². The summed E-state index contributed by atoms with van der Waals surface area (Å²) in [5.41, 5.74) is 2.45. The zero-order chi connectivity index (χ0) is 52.5. The topological polar surface area (TPSA) is 189 Å². The number of hydrogen-bond acceptors (Lipinski definition) is 10. The van der Waals surface area contributed by atoms with Gasteiger partial charge in [-0.3, -0.25) is 19.9 Å². The molecule has 4 rings (SSSR count). The Morgan fingerprint density at radius 2 is 0.644 bits per heavy atom. The molecule has 2 N–H and O–H groups in total. The molecule has 4 heterocycles. The second-order valence-corrected chi connectivity index (χ2v) is 18.4. The van der Waals surface area contributed by atoms with Crippen LogP contribution in [-0.2, 0) is 19.5 Å². The minimum absolute atomic E-state index is 0. The normalized spacial score (nSPS) is 10.1. The van der Waals surface area contributed by atoms with Gasteiger partial charge in [0.05, 0.1) is 47.1 Å². The van der Waals surface area contributed by atoms with Crippen molar-refractivity contribution < 1.29 is 48.8 Å². The largest absolute Gasteiger partial charge is 2.00 e. The summed E-state index contributed by atoms with van der Waals surface area (Å²) in [6, 6.07) is 13.3. The third-order valence-electron chi connectivity index (χ3n) is 12.0. The molecule has 0 fully saturated rings. The molecule has 0 aliphatic rings. The maximum Gasteiger partial charge on any atom is 2.00 e. The Morgan fingerprint density at radius 1 is 0.425 bits per heavy atom. The Labute approximate surface area is 461 Å². The quantitative estimate of drug-likeness (QED) is 0.0187. The van der Waals surface area contributed by atoms with E-state index < -0.39 is 11.9 Å². The second kappa shape index (κ2) is 49.6. The van der Waals surface area contributed by atoms with Crippen molar-refractivity contribution in [3.8, 4) is 34.3 Å². The minimum atomic E-state index is -1.08. The number of aromatic carboxylic acids is 2. The van der Waals surface area contributed by atoms with Gasteiger partial charge >= 0.3 is 31.4 Å². The van der Waals surface area contributed by atoms with Gasteiger partial charge in [0.2, 0.25) is 0 Å². The van der Waals surface area contributed by atoms with Crippen molar-refractivity contribution in [3.63, 3.8) is 0 Å². The monoisotopic (exact) mass is 1130 g/mol. The summed E-state index contributed by atoms with van der Waals surface area (Å²) in [5.74, 6) is -0.409. The molecule has 73 heavy (non-hydrogen) atoms. The van der Waals surface area contributed by atoms with Gasteiger partial charge < -0.3 is 30.5 Å². The van der Waals surface area contributed by atoms with Gasteiger partial charge in [-0.2, -0.15) is 10.3 Å². The fourth-order valence-corrected chi connectivity index (χ4v) is 8.02. The predicted octanol–water partition coefficient (Wildman–Crippen LogP) is 17.5. The van der Waals surface area contributed by atoms with E-state index in [2.05, 4.69) is 58.2 Å². The number of carboxylic acids is 2.